The molecule has 0 spiro atoms. The average Bonchev–Trinajstić information content (AvgIpc) is 2.63. The molecule has 1 rings (SSSR count). The molecule has 6 nitrogen and oxygen atoms in total. The van der Waals surface area contributed by atoms with E-state index in [0.717, 1.165) is 0 Å². The molecule has 3 amide bonds. The van der Waals surface area contributed by atoms with Crippen molar-refractivity contribution in [1.82, 2.24) is 15.1 Å². The lowest BCUT2D eigenvalue weighted by atomic mass is 10.4. The Morgan fingerprint density at radius 3 is 2.87 bits per heavy atom. The first-order chi connectivity index (χ1) is 7.19. The summed E-state index contributed by atoms with van der Waals surface area (Å²) in [7, 11) is 0. The Kier molecular flexibility index (Phi) is 4.51. The van der Waals surface area contributed by atoms with Gasteiger partial charge in [-0.15, -0.1) is 0 Å². The van der Waals surface area contributed by atoms with Gasteiger partial charge in [0.15, 0.2) is 0 Å². The van der Waals surface area contributed by atoms with Crippen LogP contribution in [0.2, 0.25) is 0 Å². The fourth-order valence-corrected chi connectivity index (χ4v) is 1.48. The van der Waals surface area contributed by atoms with E-state index in [1.807, 2.05) is 6.92 Å². The van der Waals surface area contributed by atoms with Crippen LogP contribution in [0, 0.1) is 0 Å². The molecule has 0 saturated carbocycles. The molecule has 2 N–H and O–H groups in total. The number of urea groups is 1. The zero-order valence-electron chi connectivity index (χ0n) is 8.90. The van der Waals surface area contributed by atoms with Crippen molar-refractivity contribution >= 4 is 11.9 Å². The van der Waals surface area contributed by atoms with Crippen molar-refractivity contribution in [3.8, 4) is 0 Å². The average molecular weight is 215 g/mol. The number of aliphatic hydroxyl groups excluding tert-OH is 1. The second-order valence-electron chi connectivity index (χ2n) is 3.37. The molecule has 0 aromatic carbocycles. The van der Waals surface area contributed by atoms with Gasteiger partial charge in [-0.2, -0.15) is 0 Å². The smallest absolute Gasteiger partial charge is 0.324 e. The van der Waals surface area contributed by atoms with E-state index in [0.29, 0.717) is 26.2 Å². The van der Waals surface area contributed by atoms with E-state index >= 15 is 0 Å². The van der Waals surface area contributed by atoms with Gasteiger partial charge in [-0.3, -0.25) is 14.6 Å². The van der Waals surface area contributed by atoms with Crippen LogP contribution in [0.5, 0.6) is 0 Å². The van der Waals surface area contributed by atoms with Crippen LogP contribution in [0.4, 0.5) is 4.79 Å². The van der Waals surface area contributed by atoms with Gasteiger partial charge in [0.25, 0.3) is 0 Å². The summed E-state index contributed by atoms with van der Waals surface area (Å²) >= 11 is 0. The summed E-state index contributed by atoms with van der Waals surface area (Å²) in [6.07, 6.45) is 0. The topological polar surface area (TPSA) is 72.9 Å². The van der Waals surface area contributed by atoms with Crippen LogP contribution in [0.25, 0.3) is 0 Å². The molecule has 15 heavy (non-hydrogen) atoms. The molecule has 1 saturated heterocycles. The van der Waals surface area contributed by atoms with Crippen LogP contribution in [0.1, 0.15) is 6.92 Å². The number of amides is 3. The van der Waals surface area contributed by atoms with Crippen molar-refractivity contribution in [2.24, 2.45) is 0 Å². The highest BCUT2D eigenvalue weighted by Gasteiger charge is 2.26. The van der Waals surface area contributed by atoms with E-state index in [4.69, 9.17) is 5.11 Å². The molecule has 1 aliphatic rings. The lowest BCUT2D eigenvalue weighted by molar-refractivity contribution is -0.128. The molecule has 0 bridgehead atoms. The maximum absolute atomic E-state index is 11.6. The van der Waals surface area contributed by atoms with Gasteiger partial charge in [-0.1, -0.05) is 6.92 Å². The van der Waals surface area contributed by atoms with E-state index in [-0.39, 0.29) is 25.1 Å². The molecule has 1 fully saturated rings. The number of nitrogens with one attached hydrogen (secondary N) is 1. The van der Waals surface area contributed by atoms with Gasteiger partial charge >= 0.3 is 6.03 Å². The van der Waals surface area contributed by atoms with E-state index in [9.17, 15) is 9.59 Å². The SMILES string of the molecule is CCN(CCO)CC(=O)N1CCNC1=O. The monoisotopic (exact) mass is 215 g/mol. The van der Waals surface area contributed by atoms with Crippen molar-refractivity contribution < 1.29 is 14.7 Å². The number of carbonyl (C=O) groups excluding carboxylic acids is 2. The summed E-state index contributed by atoms with van der Waals surface area (Å²) < 4.78 is 0. The van der Waals surface area contributed by atoms with E-state index < -0.39 is 0 Å². The number of hydrogen-bond acceptors (Lipinski definition) is 4. The van der Waals surface area contributed by atoms with Crippen LogP contribution in [-0.2, 0) is 4.79 Å². The van der Waals surface area contributed by atoms with E-state index in [2.05, 4.69) is 5.32 Å². The Balaban J connectivity index is 2.42. The van der Waals surface area contributed by atoms with Crippen LogP contribution in [-0.4, -0.2) is 66.2 Å². The second kappa shape index (κ2) is 5.67. The van der Waals surface area contributed by atoms with Crippen molar-refractivity contribution in [3.63, 3.8) is 0 Å². The van der Waals surface area contributed by atoms with Gasteiger partial charge in [-0.25, -0.2) is 4.79 Å². The minimum atomic E-state index is -0.319. The normalized spacial score (nSPS) is 15.9. The first-order valence-electron chi connectivity index (χ1n) is 5.10. The third-order valence-corrected chi connectivity index (χ3v) is 2.38. The lowest BCUT2D eigenvalue weighted by Gasteiger charge is -2.21. The third kappa shape index (κ3) is 3.17. The molecule has 0 atom stereocenters. The molecule has 6 heteroatoms. The van der Waals surface area contributed by atoms with Gasteiger partial charge in [0, 0.05) is 19.6 Å². The van der Waals surface area contributed by atoms with Gasteiger partial charge in [0.1, 0.15) is 0 Å². The minimum Gasteiger partial charge on any atom is -0.395 e. The number of imide groups is 1. The number of likely N-dealkylation sites (N-methyl/N-ethyl adjacent to an activating group) is 1. The van der Waals surface area contributed by atoms with Crippen LogP contribution in [0.15, 0.2) is 0 Å². The Labute approximate surface area is 88.8 Å². The minimum absolute atomic E-state index is 0.0211. The molecular formula is C9H17N3O3. The van der Waals surface area contributed by atoms with Crippen molar-refractivity contribution in [2.45, 2.75) is 6.92 Å². The lowest BCUT2D eigenvalue weighted by Crippen LogP contribution is -2.42. The highest BCUT2D eigenvalue weighted by atomic mass is 16.3. The largest absolute Gasteiger partial charge is 0.395 e. The highest BCUT2D eigenvalue weighted by molar-refractivity contribution is 5.96. The summed E-state index contributed by atoms with van der Waals surface area (Å²) in [5.74, 6) is -0.208. The summed E-state index contributed by atoms with van der Waals surface area (Å²) in [4.78, 5) is 25.8. The number of hydrogen-bond donors (Lipinski definition) is 2. The van der Waals surface area contributed by atoms with Gasteiger partial charge in [0.05, 0.1) is 13.2 Å². The maximum Gasteiger partial charge on any atom is 0.324 e. The van der Waals surface area contributed by atoms with Crippen molar-refractivity contribution in [3.05, 3.63) is 0 Å². The molecule has 1 aliphatic heterocycles. The Bertz CT molecular complexity index is 245. The summed E-state index contributed by atoms with van der Waals surface area (Å²) in [6.45, 7) is 4.22. The number of carbonyl (C=O) groups is 2. The summed E-state index contributed by atoms with van der Waals surface area (Å²) in [6, 6.07) is -0.319. The standard InChI is InChI=1S/C9H17N3O3/c1-2-11(5-6-13)7-8(14)12-4-3-10-9(12)15/h13H,2-7H2,1H3,(H,10,15). The Morgan fingerprint density at radius 2 is 2.40 bits per heavy atom. The summed E-state index contributed by atoms with van der Waals surface area (Å²) in [5, 5.41) is 11.3. The number of nitrogens with zero attached hydrogens (tertiary/aromatic N) is 2. The fourth-order valence-electron chi connectivity index (χ4n) is 1.48. The van der Waals surface area contributed by atoms with Gasteiger partial charge in [0.2, 0.25) is 5.91 Å². The molecule has 86 valence electrons. The van der Waals surface area contributed by atoms with Crippen LogP contribution < -0.4 is 5.32 Å². The zero-order chi connectivity index (χ0) is 11.3. The Hall–Kier alpha value is -1.14. The first-order valence-corrected chi connectivity index (χ1v) is 5.10. The van der Waals surface area contributed by atoms with Crippen molar-refractivity contribution in [2.75, 3.05) is 39.3 Å². The third-order valence-electron chi connectivity index (χ3n) is 2.38. The van der Waals surface area contributed by atoms with Gasteiger partial charge < -0.3 is 10.4 Å². The van der Waals surface area contributed by atoms with E-state index in [1.54, 1.807) is 4.90 Å². The van der Waals surface area contributed by atoms with Crippen LogP contribution >= 0.6 is 0 Å². The molecule has 0 aliphatic carbocycles. The predicted octanol–water partition coefficient (Wildman–Crippen LogP) is -1.15. The molecule has 0 aromatic rings. The molecule has 0 radical (unpaired) electrons. The molecular weight excluding hydrogens is 198 g/mol. The number of rotatable bonds is 5. The quantitative estimate of drug-likeness (QED) is 0.607. The molecule has 1 heterocycles. The maximum atomic E-state index is 11.6. The van der Waals surface area contributed by atoms with E-state index in [1.165, 1.54) is 4.90 Å². The number of aliphatic hydroxyl groups is 1. The predicted molar refractivity (Wildman–Crippen MR) is 54.3 cm³/mol. The highest BCUT2D eigenvalue weighted by Crippen LogP contribution is 1.99. The fraction of sp³-hybridized carbons (Fsp3) is 0.778. The zero-order valence-corrected chi connectivity index (χ0v) is 8.90. The second-order valence-corrected chi connectivity index (χ2v) is 3.37. The van der Waals surface area contributed by atoms with Gasteiger partial charge in [-0.05, 0) is 6.54 Å². The Morgan fingerprint density at radius 1 is 1.67 bits per heavy atom. The first kappa shape index (κ1) is 11.9. The van der Waals surface area contributed by atoms with Crippen LogP contribution in [0.3, 0.4) is 0 Å². The summed E-state index contributed by atoms with van der Waals surface area (Å²) in [5.41, 5.74) is 0. The molecule has 0 aromatic heterocycles. The van der Waals surface area contributed by atoms with Crippen molar-refractivity contribution in [1.29, 1.82) is 0 Å². The molecule has 0 unspecified atom stereocenters.